The third kappa shape index (κ3) is 7.65. The Morgan fingerprint density at radius 3 is 2.42 bits per heavy atom. The summed E-state index contributed by atoms with van der Waals surface area (Å²) in [7, 11) is -3.41. The molecule has 33 heavy (non-hydrogen) atoms. The van der Waals surface area contributed by atoms with Crippen molar-refractivity contribution in [1.82, 2.24) is 9.62 Å². The highest BCUT2D eigenvalue weighted by molar-refractivity contribution is 7.88. The number of nitrogens with zero attached hydrogens (tertiary/aromatic N) is 2. The number of para-hydroxylation sites is 1. The lowest BCUT2D eigenvalue weighted by Gasteiger charge is -2.43. The van der Waals surface area contributed by atoms with E-state index >= 15 is 0 Å². The number of amides is 1. The molecular formula is C24H38FN3O4S. The number of sulfonamides is 1. The molecule has 1 amide bonds. The van der Waals surface area contributed by atoms with Crippen molar-refractivity contribution in [2.24, 2.45) is 5.41 Å². The highest BCUT2D eigenvalue weighted by Crippen LogP contribution is 2.27. The van der Waals surface area contributed by atoms with Crippen LogP contribution in [0, 0.1) is 11.2 Å². The second-order valence-corrected chi connectivity index (χ2v) is 12.3. The van der Waals surface area contributed by atoms with Crippen LogP contribution in [0.3, 0.4) is 0 Å². The Balaban J connectivity index is 1.64. The van der Waals surface area contributed by atoms with Gasteiger partial charge in [0, 0.05) is 32.1 Å². The average Bonchev–Trinajstić information content (AvgIpc) is 2.71. The molecule has 186 valence electrons. The zero-order valence-electron chi connectivity index (χ0n) is 20.2. The van der Waals surface area contributed by atoms with E-state index in [0.717, 1.165) is 25.5 Å². The number of rotatable bonds is 7. The van der Waals surface area contributed by atoms with E-state index in [2.05, 4.69) is 4.72 Å². The Labute approximate surface area is 197 Å². The molecule has 2 aliphatic rings. The monoisotopic (exact) mass is 483 g/mol. The molecule has 2 heterocycles. The first-order valence-electron chi connectivity index (χ1n) is 11.8. The van der Waals surface area contributed by atoms with Crippen molar-refractivity contribution in [3.63, 3.8) is 0 Å². The molecule has 0 bridgehead atoms. The van der Waals surface area contributed by atoms with Crippen LogP contribution in [0.5, 0.6) is 0 Å². The summed E-state index contributed by atoms with van der Waals surface area (Å²) >= 11 is 0. The number of carbonyl (C=O) groups is 1. The molecule has 0 radical (unpaired) electrons. The summed E-state index contributed by atoms with van der Waals surface area (Å²) in [5.74, 6) is -0.188. The second kappa shape index (κ2) is 10.7. The molecule has 2 aliphatic heterocycles. The van der Waals surface area contributed by atoms with Crippen LogP contribution in [-0.4, -0.2) is 69.9 Å². The van der Waals surface area contributed by atoms with Crippen molar-refractivity contribution in [2.45, 2.75) is 71.1 Å². The molecule has 1 aromatic carbocycles. The third-order valence-corrected chi connectivity index (χ3v) is 7.02. The Morgan fingerprint density at radius 2 is 1.82 bits per heavy atom. The summed E-state index contributed by atoms with van der Waals surface area (Å²) in [5.41, 5.74) is 0.457. The van der Waals surface area contributed by atoms with Crippen LogP contribution in [0.15, 0.2) is 24.3 Å². The number of benzene rings is 1. The number of hydrogen-bond donors (Lipinski definition) is 1. The van der Waals surface area contributed by atoms with Crippen LogP contribution in [-0.2, 0) is 19.6 Å². The minimum absolute atomic E-state index is 0.00611. The maximum absolute atomic E-state index is 14.1. The van der Waals surface area contributed by atoms with Gasteiger partial charge in [0.1, 0.15) is 5.82 Å². The van der Waals surface area contributed by atoms with Gasteiger partial charge in [-0.25, -0.2) is 17.5 Å². The topological polar surface area (TPSA) is 79.0 Å². The van der Waals surface area contributed by atoms with Crippen LogP contribution in [0.1, 0.15) is 52.9 Å². The van der Waals surface area contributed by atoms with Crippen molar-refractivity contribution in [3.05, 3.63) is 30.1 Å². The molecule has 7 nitrogen and oxygen atoms in total. The number of piperidine rings is 2. The second-order valence-electron chi connectivity index (χ2n) is 10.5. The van der Waals surface area contributed by atoms with Gasteiger partial charge in [0.15, 0.2) is 0 Å². The van der Waals surface area contributed by atoms with E-state index in [1.165, 1.54) is 6.07 Å². The molecule has 2 saturated heterocycles. The van der Waals surface area contributed by atoms with E-state index in [1.54, 1.807) is 12.1 Å². The van der Waals surface area contributed by atoms with Crippen LogP contribution in [0.25, 0.3) is 0 Å². The lowest BCUT2D eigenvalue weighted by Crippen LogP contribution is -2.59. The molecule has 1 aromatic rings. The highest BCUT2D eigenvalue weighted by Gasteiger charge is 2.37. The Kier molecular flexibility index (Phi) is 8.40. The van der Waals surface area contributed by atoms with Gasteiger partial charge in [0.05, 0.1) is 30.7 Å². The lowest BCUT2D eigenvalue weighted by atomic mass is 9.89. The summed E-state index contributed by atoms with van der Waals surface area (Å²) in [4.78, 5) is 16.9. The van der Waals surface area contributed by atoms with Gasteiger partial charge in [-0.1, -0.05) is 32.9 Å². The number of nitrogens with one attached hydrogen (secondary N) is 1. The van der Waals surface area contributed by atoms with E-state index in [9.17, 15) is 17.6 Å². The van der Waals surface area contributed by atoms with Crippen molar-refractivity contribution in [2.75, 3.05) is 37.4 Å². The van der Waals surface area contributed by atoms with Gasteiger partial charge in [-0.05, 0) is 43.2 Å². The summed E-state index contributed by atoms with van der Waals surface area (Å²) in [6, 6.07) is 6.08. The Bertz CT molecular complexity index is 911. The minimum Gasteiger partial charge on any atom is -0.376 e. The summed E-state index contributed by atoms with van der Waals surface area (Å²) < 4.78 is 47.0. The third-order valence-electron chi connectivity index (χ3n) is 6.28. The number of likely N-dealkylation sites (tertiary alicyclic amines) is 1. The van der Waals surface area contributed by atoms with E-state index in [1.807, 2.05) is 36.6 Å². The first-order valence-corrected chi connectivity index (χ1v) is 13.7. The zero-order chi connectivity index (χ0) is 24.2. The number of ether oxygens (including phenoxy) is 1. The van der Waals surface area contributed by atoms with Gasteiger partial charge < -0.3 is 14.5 Å². The normalized spacial score (nSPS) is 23.1. The fourth-order valence-corrected chi connectivity index (χ4v) is 5.57. The molecule has 3 rings (SSSR count). The van der Waals surface area contributed by atoms with Crippen molar-refractivity contribution < 1.29 is 22.3 Å². The zero-order valence-corrected chi connectivity index (χ0v) is 21.0. The highest BCUT2D eigenvalue weighted by atomic mass is 32.2. The van der Waals surface area contributed by atoms with Gasteiger partial charge in [-0.2, -0.15) is 0 Å². The van der Waals surface area contributed by atoms with Gasteiger partial charge in [0.2, 0.25) is 15.9 Å². The lowest BCUT2D eigenvalue weighted by molar-refractivity contribution is -0.140. The van der Waals surface area contributed by atoms with Crippen molar-refractivity contribution >= 4 is 21.6 Å². The predicted molar refractivity (Wildman–Crippen MR) is 128 cm³/mol. The molecule has 9 heteroatoms. The van der Waals surface area contributed by atoms with E-state index in [4.69, 9.17) is 4.74 Å². The minimum atomic E-state index is -3.41. The predicted octanol–water partition coefficient (Wildman–Crippen LogP) is 3.16. The number of carbonyl (C=O) groups excluding carboxylic acids is 1. The van der Waals surface area contributed by atoms with E-state index < -0.39 is 10.0 Å². The number of hydrogen-bond acceptors (Lipinski definition) is 5. The summed E-state index contributed by atoms with van der Waals surface area (Å²) in [6.07, 6.45) is 4.47. The maximum atomic E-state index is 14.1. The van der Waals surface area contributed by atoms with Gasteiger partial charge in [-0.3, -0.25) is 4.79 Å². The van der Waals surface area contributed by atoms with Crippen LogP contribution >= 0.6 is 0 Å². The molecule has 0 spiro atoms. The average molecular weight is 484 g/mol. The largest absolute Gasteiger partial charge is 0.376 e. The van der Waals surface area contributed by atoms with Crippen molar-refractivity contribution in [1.29, 1.82) is 0 Å². The molecule has 2 fully saturated rings. The van der Waals surface area contributed by atoms with Crippen molar-refractivity contribution in [3.8, 4) is 0 Å². The quantitative estimate of drug-likeness (QED) is 0.645. The summed E-state index contributed by atoms with van der Waals surface area (Å²) in [5, 5.41) is 0. The van der Waals surface area contributed by atoms with E-state index in [-0.39, 0.29) is 41.9 Å². The first kappa shape index (κ1) is 25.9. The fourth-order valence-electron chi connectivity index (χ4n) is 4.75. The fraction of sp³-hybridized carbons (Fsp3) is 0.708. The maximum Gasteiger partial charge on any atom is 0.223 e. The Hall–Kier alpha value is -1.71. The molecule has 0 unspecified atom stereocenters. The summed E-state index contributed by atoms with van der Waals surface area (Å²) in [6.45, 7) is 8.34. The van der Waals surface area contributed by atoms with Gasteiger partial charge in [-0.15, -0.1) is 0 Å². The van der Waals surface area contributed by atoms with Gasteiger partial charge in [0.25, 0.3) is 0 Å². The SMILES string of the molecule is CC(C)(C)CC(=O)N1CCC[C@H](NS(C)(=O)=O)[C@@H]1COC1CCN(c2ccccc2F)CC1. The molecule has 2 atom stereocenters. The van der Waals surface area contributed by atoms with Crippen LogP contribution < -0.4 is 9.62 Å². The number of halogens is 1. The van der Waals surface area contributed by atoms with Crippen LogP contribution in [0.4, 0.5) is 10.1 Å². The van der Waals surface area contributed by atoms with Gasteiger partial charge >= 0.3 is 0 Å². The van der Waals surface area contributed by atoms with E-state index in [0.29, 0.717) is 38.2 Å². The molecule has 0 aromatic heterocycles. The molecule has 0 saturated carbocycles. The van der Waals surface area contributed by atoms with Crippen LogP contribution in [0.2, 0.25) is 0 Å². The first-order chi connectivity index (χ1) is 15.4. The standard InChI is InChI=1S/C24H38FN3O4S/c1-24(2,3)16-23(29)28-13-7-9-20(26-33(4,30)31)22(28)17-32-18-11-14-27(15-12-18)21-10-6-5-8-19(21)25/h5-6,8,10,18,20,22,26H,7,9,11-17H2,1-4H3/t20-,22-/m0/s1. The molecule has 1 N–H and O–H groups in total. The molecule has 0 aliphatic carbocycles. The molecular weight excluding hydrogens is 445 g/mol. The Morgan fingerprint density at radius 1 is 1.15 bits per heavy atom. The smallest absolute Gasteiger partial charge is 0.223 e. The number of anilines is 1.